The van der Waals surface area contributed by atoms with E-state index in [-0.39, 0.29) is 5.91 Å². The maximum absolute atomic E-state index is 11.5. The van der Waals surface area contributed by atoms with Crippen molar-refractivity contribution < 1.29 is 9.53 Å². The number of carbonyl (C=O) groups is 1. The van der Waals surface area contributed by atoms with Crippen LogP contribution in [0.5, 0.6) is 0 Å². The second-order valence-electron chi connectivity index (χ2n) is 4.70. The molecule has 100 valence electrons. The van der Waals surface area contributed by atoms with E-state index >= 15 is 0 Å². The standard InChI is InChI=1S/C13H26N2O2/c1-3-12(4-2)11-15-7-5-13(16)14-6-9-17-10-8-15/h12H,3-11H2,1-2H3,(H,14,16). The molecular formula is C13H26N2O2. The molecule has 4 nitrogen and oxygen atoms in total. The highest BCUT2D eigenvalue weighted by Gasteiger charge is 2.13. The van der Waals surface area contributed by atoms with Crippen LogP contribution in [0.25, 0.3) is 0 Å². The lowest BCUT2D eigenvalue weighted by atomic mass is 10.0. The Kier molecular flexibility index (Phi) is 7.21. The van der Waals surface area contributed by atoms with Crippen LogP contribution >= 0.6 is 0 Å². The lowest BCUT2D eigenvalue weighted by Gasteiger charge is -2.27. The molecule has 0 spiro atoms. The van der Waals surface area contributed by atoms with Gasteiger partial charge in [-0.2, -0.15) is 0 Å². The van der Waals surface area contributed by atoms with Gasteiger partial charge in [0.15, 0.2) is 0 Å². The second kappa shape index (κ2) is 8.48. The van der Waals surface area contributed by atoms with Gasteiger partial charge in [0, 0.05) is 32.6 Å². The molecule has 0 aromatic heterocycles. The maximum Gasteiger partial charge on any atom is 0.221 e. The molecule has 4 heteroatoms. The summed E-state index contributed by atoms with van der Waals surface area (Å²) >= 11 is 0. The van der Waals surface area contributed by atoms with Crippen LogP contribution in [-0.2, 0) is 9.53 Å². The molecule has 0 saturated carbocycles. The highest BCUT2D eigenvalue weighted by molar-refractivity contribution is 5.76. The van der Waals surface area contributed by atoms with E-state index in [1.54, 1.807) is 0 Å². The van der Waals surface area contributed by atoms with E-state index in [2.05, 4.69) is 24.1 Å². The van der Waals surface area contributed by atoms with Crippen molar-refractivity contribution in [3.63, 3.8) is 0 Å². The summed E-state index contributed by atoms with van der Waals surface area (Å²) in [5.74, 6) is 0.881. The first-order valence-electron chi connectivity index (χ1n) is 6.83. The highest BCUT2D eigenvalue weighted by Crippen LogP contribution is 2.10. The Hall–Kier alpha value is -0.610. The fraction of sp³-hybridized carbons (Fsp3) is 0.923. The molecule has 0 bridgehead atoms. The van der Waals surface area contributed by atoms with E-state index in [0.717, 1.165) is 32.2 Å². The topological polar surface area (TPSA) is 41.6 Å². The van der Waals surface area contributed by atoms with Crippen LogP contribution in [0.1, 0.15) is 33.1 Å². The molecule has 0 atom stereocenters. The van der Waals surface area contributed by atoms with Gasteiger partial charge in [-0.25, -0.2) is 0 Å². The van der Waals surface area contributed by atoms with Crippen molar-refractivity contribution in [1.29, 1.82) is 0 Å². The van der Waals surface area contributed by atoms with Gasteiger partial charge < -0.3 is 15.0 Å². The van der Waals surface area contributed by atoms with Gasteiger partial charge in [0.1, 0.15) is 0 Å². The van der Waals surface area contributed by atoms with Crippen LogP contribution in [-0.4, -0.2) is 50.2 Å². The van der Waals surface area contributed by atoms with Gasteiger partial charge in [-0.05, 0) is 5.92 Å². The maximum atomic E-state index is 11.5. The predicted octanol–water partition coefficient (Wildman–Crippen LogP) is 1.26. The third-order valence-corrected chi connectivity index (χ3v) is 3.45. The van der Waals surface area contributed by atoms with E-state index in [4.69, 9.17) is 4.74 Å². The van der Waals surface area contributed by atoms with Crippen LogP contribution in [0.15, 0.2) is 0 Å². The van der Waals surface area contributed by atoms with Crippen molar-refractivity contribution in [2.75, 3.05) is 39.4 Å². The van der Waals surface area contributed by atoms with Crippen molar-refractivity contribution >= 4 is 5.91 Å². The number of rotatable bonds is 4. The first-order valence-corrected chi connectivity index (χ1v) is 6.83. The molecule has 1 amide bonds. The van der Waals surface area contributed by atoms with Gasteiger partial charge in [0.25, 0.3) is 0 Å². The normalized spacial score (nSPS) is 20.3. The molecule has 1 N–H and O–H groups in total. The summed E-state index contributed by atoms with van der Waals surface area (Å²) in [6.07, 6.45) is 3.03. The molecule has 1 aliphatic heterocycles. The molecular weight excluding hydrogens is 216 g/mol. The first kappa shape index (κ1) is 14.5. The van der Waals surface area contributed by atoms with E-state index in [9.17, 15) is 4.79 Å². The summed E-state index contributed by atoms with van der Waals surface area (Å²) in [5.41, 5.74) is 0. The Morgan fingerprint density at radius 3 is 2.76 bits per heavy atom. The summed E-state index contributed by atoms with van der Waals surface area (Å²) < 4.78 is 5.48. The predicted molar refractivity (Wildman–Crippen MR) is 69.0 cm³/mol. The minimum Gasteiger partial charge on any atom is -0.378 e. The fourth-order valence-corrected chi connectivity index (χ4v) is 2.11. The monoisotopic (exact) mass is 242 g/mol. The number of hydrogen-bond donors (Lipinski definition) is 1. The summed E-state index contributed by atoms with van der Waals surface area (Å²) in [6, 6.07) is 0. The molecule has 1 rings (SSSR count). The number of hydrogen-bond acceptors (Lipinski definition) is 3. The Labute approximate surface area is 105 Å². The molecule has 1 fully saturated rings. The fourth-order valence-electron chi connectivity index (χ4n) is 2.11. The molecule has 1 saturated heterocycles. The van der Waals surface area contributed by atoms with Crippen molar-refractivity contribution in [1.82, 2.24) is 10.2 Å². The van der Waals surface area contributed by atoms with Crippen LogP contribution in [0, 0.1) is 5.92 Å². The summed E-state index contributed by atoms with van der Waals surface area (Å²) in [6.45, 7) is 9.41. The average Bonchev–Trinajstić information content (AvgIpc) is 2.36. The van der Waals surface area contributed by atoms with Gasteiger partial charge in [0.2, 0.25) is 5.91 Å². The molecule has 0 aromatic rings. The third-order valence-electron chi connectivity index (χ3n) is 3.45. The SMILES string of the molecule is CCC(CC)CN1CCOCCNC(=O)CC1. The van der Waals surface area contributed by atoms with Crippen LogP contribution in [0.4, 0.5) is 0 Å². The Morgan fingerprint density at radius 2 is 2.06 bits per heavy atom. The quantitative estimate of drug-likeness (QED) is 0.807. The molecule has 17 heavy (non-hydrogen) atoms. The third kappa shape index (κ3) is 6.03. The first-order chi connectivity index (χ1) is 8.26. The minimum absolute atomic E-state index is 0.144. The summed E-state index contributed by atoms with van der Waals surface area (Å²) in [7, 11) is 0. The van der Waals surface area contributed by atoms with Crippen molar-refractivity contribution in [2.45, 2.75) is 33.1 Å². The second-order valence-corrected chi connectivity index (χ2v) is 4.70. The summed E-state index contributed by atoms with van der Waals surface area (Å²) in [5, 5.41) is 2.86. The van der Waals surface area contributed by atoms with Gasteiger partial charge in [-0.15, -0.1) is 0 Å². The zero-order valence-corrected chi connectivity index (χ0v) is 11.2. The number of amides is 1. The Balaban J connectivity index is 2.40. The van der Waals surface area contributed by atoms with Gasteiger partial charge >= 0.3 is 0 Å². The Morgan fingerprint density at radius 1 is 1.29 bits per heavy atom. The average molecular weight is 242 g/mol. The van der Waals surface area contributed by atoms with Crippen LogP contribution < -0.4 is 5.32 Å². The van der Waals surface area contributed by atoms with Gasteiger partial charge in [-0.1, -0.05) is 26.7 Å². The highest BCUT2D eigenvalue weighted by atomic mass is 16.5. The van der Waals surface area contributed by atoms with Crippen LogP contribution in [0.2, 0.25) is 0 Å². The number of nitrogens with one attached hydrogen (secondary N) is 1. The molecule has 1 aliphatic rings. The van der Waals surface area contributed by atoms with Crippen LogP contribution in [0.3, 0.4) is 0 Å². The Bertz CT molecular complexity index is 217. The molecule has 0 unspecified atom stereocenters. The number of carbonyl (C=O) groups excluding carboxylic acids is 1. The lowest BCUT2D eigenvalue weighted by Crippen LogP contribution is -2.38. The van der Waals surface area contributed by atoms with E-state index in [0.29, 0.717) is 19.6 Å². The zero-order valence-electron chi connectivity index (χ0n) is 11.2. The molecule has 0 aliphatic carbocycles. The van der Waals surface area contributed by atoms with Crippen molar-refractivity contribution in [3.05, 3.63) is 0 Å². The summed E-state index contributed by atoms with van der Waals surface area (Å²) in [4.78, 5) is 13.8. The van der Waals surface area contributed by atoms with Gasteiger partial charge in [-0.3, -0.25) is 4.79 Å². The molecule has 1 heterocycles. The smallest absolute Gasteiger partial charge is 0.221 e. The zero-order chi connectivity index (χ0) is 12.5. The molecule has 0 radical (unpaired) electrons. The van der Waals surface area contributed by atoms with E-state index < -0.39 is 0 Å². The van der Waals surface area contributed by atoms with Crippen molar-refractivity contribution in [3.8, 4) is 0 Å². The molecule has 0 aromatic carbocycles. The number of nitrogens with zero attached hydrogens (tertiary/aromatic N) is 1. The van der Waals surface area contributed by atoms with Gasteiger partial charge in [0.05, 0.1) is 13.2 Å². The van der Waals surface area contributed by atoms with E-state index in [1.165, 1.54) is 12.8 Å². The van der Waals surface area contributed by atoms with Crippen molar-refractivity contribution in [2.24, 2.45) is 5.92 Å². The largest absolute Gasteiger partial charge is 0.378 e. The minimum atomic E-state index is 0.144. The van der Waals surface area contributed by atoms with E-state index in [1.807, 2.05) is 0 Å². The number of ether oxygens (including phenoxy) is 1. The lowest BCUT2D eigenvalue weighted by molar-refractivity contribution is -0.122.